The van der Waals surface area contributed by atoms with Gasteiger partial charge in [0, 0.05) is 95.5 Å². The predicted octanol–water partition coefficient (Wildman–Crippen LogP) is 4.79. The van der Waals surface area contributed by atoms with E-state index in [1.165, 1.54) is 21.1 Å². The molecule has 0 aliphatic carbocycles. The number of halogens is 1. The van der Waals surface area contributed by atoms with Crippen molar-refractivity contribution >= 4 is 80.5 Å². The highest BCUT2D eigenvalue weighted by molar-refractivity contribution is 7.17. The van der Waals surface area contributed by atoms with Crippen LogP contribution in [0, 0.1) is 24.7 Å². The van der Waals surface area contributed by atoms with Crippen LogP contribution in [-0.2, 0) is 25.7 Å². The summed E-state index contributed by atoms with van der Waals surface area (Å²) in [5.74, 6) is -1.38. The number of nitrogens with zero attached hydrogens (tertiary/aromatic N) is 5. The van der Waals surface area contributed by atoms with Crippen LogP contribution in [0.2, 0.25) is 5.02 Å². The van der Waals surface area contributed by atoms with Gasteiger partial charge in [-0.15, -0.1) is 11.3 Å². The van der Waals surface area contributed by atoms with Crippen LogP contribution in [0.15, 0.2) is 59.6 Å². The molecule has 2 atom stereocenters. The zero-order valence-corrected chi connectivity index (χ0v) is 34.8. The number of carbonyl (C=O) groups excluding carboxylic acids is 5. The number of piperidine rings is 1. The molecule has 0 bridgehead atoms. The number of nitrogens with one attached hydrogen (secondary N) is 5. The molecule has 5 N–H and O–H groups in total. The fourth-order valence-corrected chi connectivity index (χ4v) is 9.22. The second-order valence-electron chi connectivity index (χ2n) is 15.1. The predicted molar refractivity (Wildman–Crippen MR) is 229 cm³/mol. The lowest BCUT2D eigenvalue weighted by Gasteiger charge is -2.35. The molecule has 4 aliphatic rings. The van der Waals surface area contributed by atoms with Crippen LogP contribution in [0.3, 0.4) is 0 Å². The summed E-state index contributed by atoms with van der Waals surface area (Å²) in [6.45, 7) is 12.2. The standard InChI is InChI=1S/C42H47ClN10O5S/c1-23-25(3)59-42-35(23)37(27-11-13-28(43)14-12-27)48-36(38(45)53(42)26(4)44)24(2)39(56)49-51-20-18-50(19-21-51)34(55)10-5-6-17-46-31-9-7-8-29-30(31)22-52(41(29)58)32-15-16-33(54)47-40(32)57/h7-9,11-14,32,36,44-46H,2,5-6,10,15-22H2,1,3-4H3,(H,49,56)(H,47,54,57)/t32?,36-/m0/s1. The molecule has 0 radical (unpaired) electrons. The maximum Gasteiger partial charge on any atom is 0.263 e. The topological polar surface area (TPSA) is 194 Å². The lowest BCUT2D eigenvalue weighted by molar-refractivity contribution is -0.137. The minimum absolute atomic E-state index is 0.0301. The third-order valence-electron chi connectivity index (χ3n) is 11.2. The van der Waals surface area contributed by atoms with Crippen molar-refractivity contribution in [1.82, 2.24) is 25.6 Å². The SMILES string of the molecule is C=C(C(=O)NN1CCN(C(=O)CCCCNc2cccc3c2CN(C2CCC(=O)NC2=O)C3=O)CC1)[C@@H]1N=C(c2ccc(Cl)cc2)c2c(sc(C)c2C)N(C(C)=N)C1=N. The van der Waals surface area contributed by atoms with Crippen LogP contribution in [0.5, 0.6) is 0 Å². The largest absolute Gasteiger partial charge is 0.385 e. The number of aryl methyl sites for hydroxylation is 1. The van der Waals surface area contributed by atoms with E-state index in [-0.39, 0.29) is 47.9 Å². The van der Waals surface area contributed by atoms with Crippen molar-refractivity contribution in [2.45, 2.75) is 71.5 Å². The first kappa shape index (κ1) is 41.4. The fraction of sp³-hybridized carbons (Fsp3) is 0.381. The maximum absolute atomic E-state index is 13.7. The molecule has 15 nitrogen and oxygen atoms in total. The monoisotopic (exact) mass is 838 g/mol. The first-order chi connectivity index (χ1) is 28.2. The first-order valence-corrected chi connectivity index (χ1v) is 20.8. The molecular weight excluding hydrogens is 792 g/mol. The average Bonchev–Trinajstić information content (AvgIpc) is 3.64. The number of unbranched alkanes of at least 4 members (excludes halogenated alkanes) is 1. The quantitative estimate of drug-likeness (QED) is 0.0598. The van der Waals surface area contributed by atoms with Crippen molar-refractivity contribution in [3.05, 3.63) is 92.3 Å². The van der Waals surface area contributed by atoms with E-state index in [4.69, 9.17) is 22.0 Å². The number of rotatable bonds is 11. The van der Waals surface area contributed by atoms with Gasteiger partial charge in [-0.1, -0.05) is 36.4 Å². The molecule has 17 heteroatoms. The van der Waals surface area contributed by atoms with Crippen LogP contribution in [0.25, 0.3) is 0 Å². The Labute approximate surface area is 351 Å². The average molecular weight is 839 g/mol. The minimum Gasteiger partial charge on any atom is -0.385 e. The zero-order valence-electron chi connectivity index (χ0n) is 33.2. The van der Waals surface area contributed by atoms with E-state index < -0.39 is 23.9 Å². The molecule has 7 rings (SSSR count). The normalized spacial score (nSPS) is 19.5. The number of piperazine rings is 1. The third kappa shape index (κ3) is 8.42. The van der Waals surface area contributed by atoms with Crippen LogP contribution in [-0.4, -0.2) is 107 Å². The molecule has 2 aromatic carbocycles. The molecule has 0 saturated carbocycles. The number of aliphatic imine (C=N–C) groups is 1. The molecule has 59 heavy (non-hydrogen) atoms. The van der Waals surface area contributed by atoms with Gasteiger partial charge in [-0.2, -0.15) is 0 Å². The van der Waals surface area contributed by atoms with Gasteiger partial charge in [0.1, 0.15) is 28.8 Å². The van der Waals surface area contributed by atoms with Gasteiger partial charge in [-0.05, 0) is 69.9 Å². The van der Waals surface area contributed by atoms with E-state index in [1.807, 2.05) is 32.0 Å². The van der Waals surface area contributed by atoms with Crippen LogP contribution in [0.4, 0.5) is 10.7 Å². The summed E-state index contributed by atoms with van der Waals surface area (Å²) in [6.07, 6.45) is 2.24. The zero-order chi connectivity index (χ0) is 42.1. The molecule has 4 aliphatic heterocycles. The van der Waals surface area contributed by atoms with E-state index in [0.29, 0.717) is 73.3 Å². The van der Waals surface area contributed by atoms with Gasteiger partial charge >= 0.3 is 0 Å². The minimum atomic E-state index is -1.07. The fourth-order valence-electron chi connectivity index (χ4n) is 7.88. The van der Waals surface area contributed by atoms with Gasteiger partial charge in [0.15, 0.2) is 0 Å². The third-order valence-corrected chi connectivity index (χ3v) is 12.7. The number of carbonyl (C=O) groups is 5. The Morgan fingerprint density at radius 3 is 2.47 bits per heavy atom. The summed E-state index contributed by atoms with van der Waals surface area (Å²) in [4.78, 5) is 75.0. The van der Waals surface area contributed by atoms with Crippen molar-refractivity contribution in [2.24, 2.45) is 4.99 Å². The lowest BCUT2D eigenvalue weighted by Crippen LogP contribution is -2.55. The van der Waals surface area contributed by atoms with Gasteiger partial charge in [-0.3, -0.25) is 55.4 Å². The van der Waals surface area contributed by atoms with Crippen LogP contribution < -0.4 is 21.0 Å². The van der Waals surface area contributed by atoms with Gasteiger partial charge in [0.05, 0.1) is 5.71 Å². The number of imide groups is 1. The number of fused-ring (bicyclic) bond motifs is 2. The molecule has 2 saturated heterocycles. The highest BCUT2D eigenvalue weighted by Gasteiger charge is 2.40. The molecular formula is C42H47ClN10O5S. The maximum atomic E-state index is 13.7. The van der Waals surface area contributed by atoms with Gasteiger partial charge in [0.2, 0.25) is 17.7 Å². The van der Waals surface area contributed by atoms with E-state index in [2.05, 4.69) is 22.6 Å². The Morgan fingerprint density at radius 1 is 1.05 bits per heavy atom. The molecule has 3 aromatic rings. The Kier molecular flexibility index (Phi) is 12.1. The Bertz CT molecular complexity index is 2300. The van der Waals surface area contributed by atoms with E-state index in [0.717, 1.165) is 39.2 Å². The smallest absolute Gasteiger partial charge is 0.263 e. The summed E-state index contributed by atoms with van der Waals surface area (Å²) in [5.41, 5.74) is 8.29. The van der Waals surface area contributed by atoms with E-state index >= 15 is 0 Å². The number of hydrazine groups is 1. The lowest BCUT2D eigenvalue weighted by atomic mass is 9.99. The van der Waals surface area contributed by atoms with E-state index in [1.54, 1.807) is 41.1 Å². The number of amides is 5. The first-order valence-electron chi connectivity index (χ1n) is 19.6. The summed E-state index contributed by atoms with van der Waals surface area (Å²) >= 11 is 7.69. The van der Waals surface area contributed by atoms with Crippen molar-refractivity contribution in [3.63, 3.8) is 0 Å². The number of amidine groups is 2. The van der Waals surface area contributed by atoms with Crippen molar-refractivity contribution in [3.8, 4) is 0 Å². The van der Waals surface area contributed by atoms with Crippen LogP contribution >= 0.6 is 22.9 Å². The summed E-state index contributed by atoms with van der Waals surface area (Å²) in [6, 6.07) is 10.9. The van der Waals surface area contributed by atoms with Crippen molar-refractivity contribution in [1.29, 1.82) is 10.8 Å². The molecule has 1 aromatic heterocycles. The molecule has 5 amide bonds. The van der Waals surface area contributed by atoms with Gasteiger partial charge in [-0.25, -0.2) is 5.01 Å². The Hall–Kier alpha value is -5.71. The molecule has 0 spiro atoms. The number of hydrogen-bond donors (Lipinski definition) is 5. The Morgan fingerprint density at radius 2 is 1.78 bits per heavy atom. The number of thiophene rings is 1. The van der Waals surface area contributed by atoms with E-state index in [9.17, 15) is 29.4 Å². The van der Waals surface area contributed by atoms with Gasteiger partial charge < -0.3 is 15.1 Å². The molecule has 2 fully saturated rings. The molecule has 5 heterocycles. The van der Waals surface area contributed by atoms with Crippen LogP contribution in [0.1, 0.15) is 76.5 Å². The summed E-state index contributed by atoms with van der Waals surface area (Å²) < 4.78 is 0. The number of benzene rings is 2. The summed E-state index contributed by atoms with van der Waals surface area (Å²) in [7, 11) is 0. The van der Waals surface area contributed by atoms with Crippen molar-refractivity contribution in [2.75, 3.05) is 42.9 Å². The molecule has 308 valence electrons. The Balaban J connectivity index is 0.903. The highest BCUT2D eigenvalue weighted by Crippen LogP contribution is 2.40. The highest BCUT2D eigenvalue weighted by atomic mass is 35.5. The van der Waals surface area contributed by atoms with Crippen molar-refractivity contribution < 1.29 is 24.0 Å². The summed E-state index contributed by atoms with van der Waals surface area (Å²) in [5, 5.41) is 26.6. The second kappa shape index (κ2) is 17.3. The number of hydrogen-bond acceptors (Lipinski definition) is 11. The second-order valence-corrected chi connectivity index (χ2v) is 16.7. The number of anilines is 2. The molecule has 1 unspecified atom stereocenters. The van der Waals surface area contributed by atoms with Gasteiger partial charge in [0.25, 0.3) is 11.8 Å².